The molecule has 1 aromatic heterocycles. The molecule has 0 radical (unpaired) electrons. The Morgan fingerprint density at radius 2 is 2.11 bits per heavy atom. The molecule has 102 valence electrons. The molecule has 1 aromatic carbocycles. The summed E-state index contributed by atoms with van der Waals surface area (Å²) in [5, 5.41) is 0. The second kappa shape index (κ2) is 4.87. The molecule has 0 spiro atoms. The lowest BCUT2D eigenvalue weighted by Gasteiger charge is -2.33. The first-order valence-electron chi connectivity index (χ1n) is 7.44. The Morgan fingerprint density at radius 1 is 1.32 bits per heavy atom. The first-order chi connectivity index (χ1) is 9.20. The van der Waals surface area contributed by atoms with E-state index in [4.69, 9.17) is 10.7 Å². The number of imidazole rings is 1. The van der Waals surface area contributed by atoms with Crippen molar-refractivity contribution >= 4 is 16.7 Å². The first kappa shape index (κ1) is 12.5. The zero-order valence-corrected chi connectivity index (χ0v) is 11.9. The lowest BCUT2D eigenvalue weighted by atomic mass is 9.82. The largest absolute Gasteiger partial charge is 0.399 e. The van der Waals surface area contributed by atoms with Crippen LogP contribution in [0.25, 0.3) is 11.0 Å². The van der Waals surface area contributed by atoms with E-state index in [0.717, 1.165) is 22.9 Å². The summed E-state index contributed by atoms with van der Waals surface area (Å²) in [6.45, 7) is 4.44. The second-order valence-electron chi connectivity index (χ2n) is 5.80. The molecule has 1 aliphatic carbocycles. The maximum atomic E-state index is 5.87. The van der Waals surface area contributed by atoms with Gasteiger partial charge in [-0.05, 0) is 43.9 Å². The molecule has 1 heterocycles. The van der Waals surface area contributed by atoms with Gasteiger partial charge in [0.05, 0.1) is 11.0 Å². The van der Waals surface area contributed by atoms with E-state index in [1.807, 2.05) is 12.1 Å². The maximum Gasteiger partial charge on any atom is 0.106 e. The quantitative estimate of drug-likeness (QED) is 0.824. The molecule has 0 amide bonds. The molecule has 0 bridgehead atoms. The number of rotatable bonds is 2. The van der Waals surface area contributed by atoms with Gasteiger partial charge in [-0.3, -0.25) is 0 Å². The highest BCUT2D eigenvalue weighted by Crippen LogP contribution is 2.38. The molecule has 2 atom stereocenters. The van der Waals surface area contributed by atoms with E-state index in [-0.39, 0.29) is 0 Å². The molecule has 19 heavy (non-hydrogen) atoms. The van der Waals surface area contributed by atoms with Crippen molar-refractivity contribution in [1.82, 2.24) is 9.55 Å². The summed E-state index contributed by atoms with van der Waals surface area (Å²) in [6.07, 6.45) is 6.63. The number of hydrogen-bond acceptors (Lipinski definition) is 2. The Hall–Kier alpha value is -1.51. The van der Waals surface area contributed by atoms with Crippen LogP contribution in [0.3, 0.4) is 0 Å². The fourth-order valence-electron chi connectivity index (χ4n) is 3.66. The topological polar surface area (TPSA) is 43.8 Å². The third-order valence-electron chi connectivity index (χ3n) is 4.61. The van der Waals surface area contributed by atoms with Crippen LogP contribution in [0.1, 0.15) is 50.9 Å². The van der Waals surface area contributed by atoms with Crippen molar-refractivity contribution < 1.29 is 0 Å². The number of aryl methyl sites for hydroxylation is 1. The van der Waals surface area contributed by atoms with E-state index in [9.17, 15) is 0 Å². The molecule has 1 fully saturated rings. The highest BCUT2D eigenvalue weighted by molar-refractivity contribution is 5.79. The zero-order chi connectivity index (χ0) is 13.4. The minimum absolute atomic E-state index is 0.618. The normalized spacial score (nSPS) is 23.9. The van der Waals surface area contributed by atoms with Gasteiger partial charge in [0.1, 0.15) is 5.82 Å². The van der Waals surface area contributed by atoms with Gasteiger partial charge in [0, 0.05) is 11.7 Å². The van der Waals surface area contributed by atoms with Gasteiger partial charge in [0.15, 0.2) is 0 Å². The van der Waals surface area contributed by atoms with Gasteiger partial charge in [-0.15, -0.1) is 0 Å². The number of nitrogens with zero attached hydrogens (tertiary/aromatic N) is 2. The maximum absolute atomic E-state index is 5.87. The zero-order valence-electron chi connectivity index (χ0n) is 11.9. The SMILES string of the molecule is CCC1CCCCC1n1c(C)nc2cc(N)ccc21. The second-order valence-corrected chi connectivity index (χ2v) is 5.80. The molecule has 3 nitrogen and oxygen atoms in total. The molecular formula is C16H23N3. The lowest BCUT2D eigenvalue weighted by Crippen LogP contribution is -2.23. The molecule has 1 aliphatic rings. The average Bonchev–Trinajstić information content (AvgIpc) is 2.73. The van der Waals surface area contributed by atoms with Crippen LogP contribution in [-0.2, 0) is 0 Å². The summed E-state index contributed by atoms with van der Waals surface area (Å²) < 4.78 is 2.46. The molecule has 0 aliphatic heterocycles. The molecule has 0 saturated heterocycles. The molecular weight excluding hydrogens is 234 g/mol. The first-order valence-corrected chi connectivity index (χ1v) is 7.44. The van der Waals surface area contributed by atoms with Crippen molar-refractivity contribution in [2.45, 2.75) is 52.0 Å². The van der Waals surface area contributed by atoms with E-state index in [1.54, 1.807) is 0 Å². The van der Waals surface area contributed by atoms with Gasteiger partial charge in [-0.25, -0.2) is 4.98 Å². The highest BCUT2D eigenvalue weighted by Gasteiger charge is 2.27. The molecule has 2 N–H and O–H groups in total. The number of nitrogen functional groups attached to an aromatic ring is 1. The van der Waals surface area contributed by atoms with Crippen LogP contribution in [0.15, 0.2) is 18.2 Å². The van der Waals surface area contributed by atoms with E-state index in [1.165, 1.54) is 37.6 Å². The molecule has 3 heteroatoms. The standard InChI is InChI=1S/C16H23N3/c1-3-12-6-4-5-7-15(12)19-11(2)18-14-10-13(17)8-9-16(14)19/h8-10,12,15H,3-7,17H2,1-2H3. The van der Waals surface area contributed by atoms with Crippen LogP contribution in [0.2, 0.25) is 0 Å². The van der Waals surface area contributed by atoms with Gasteiger partial charge in [0.25, 0.3) is 0 Å². The van der Waals surface area contributed by atoms with Crippen LogP contribution in [0.4, 0.5) is 5.69 Å². The molecule has 2 unspecified atom stereocenters. The minimum Gasteiger partial charge on any atom is -0.399 e. The van der Waals surface area contributed by atoms with Gasteiger partial charge in [-0.1, -0.05) is 26.2 Å². The van der Waals surface area contributed by atoms with Crippen molar-refractivity contribution in [3.05, 3.63) is 24.0 Å². The predicted octanol–water partition coefficient (Wildman–Crippen LogP) is 4.07. The van der Waals surface area contributed by atoms with Crippen LogP contribution < -0.4 is 5.73 Å². The van der Waals surface area contributed by atoms with Crippen molar-refractivity contribution in [1.29, 1.82) is 0 Å². The molecule has 3 rings (SSSR count). The van der Waals surface area contributed by atoms with Crippen LogP contribution in [0, 0.1) is 12.8 Å². The van der Waals surface area contributed by atoms with Crippen molar-refractivity contribution in [2.75, 3.05) is 5.73 Å². The summed E-state index contributed by atoms with van der Waals surface area (Å²) in [7, 11) is 0. The summed E-state index contributed by atoms with van der Waals surface area (Å²) in [6, 6.07) is 6.73. The number of aromatic nitrogens is 2. The number of anilines is 1. The Kier molecular flexibility index (Phi) is 3.21. The smallest absolute Gasteiger partial charge is 0.106 e. The van der Waals surface area contributed by atoms with Crippen molar-refractivity contribution in [3.63, 3.8) is 0 Å². The number of fused-ring (bicyclic) bond motifs is 1. The number of nitrogens with two attached hydrogens (primary N) is 1. The number of hydrogen-bond donors (Lipinski definition) is 1. The monoisotopic (exact) mass is 257 g/mol. The summed E-state index contributed by atoms with van der Waals surface area (Å²) in [5.74, 6) is 1.92. The summed E-state index contributed by atoms with van der Waals surface area (Å²) in [4.78, 5) is 4.70. The Bertz CT molecular complexity index is 585. The fourth-order valence-corrected chi connectivity index (χ4v) is 3.66. The average molecular weight is 257 g/mol. The number of benzene rings is 1. The van der Waals surface area contributed by atoms with Crippen LogP contribution in [-0.4, -0.2) is 9.55 Å². The van der Waals surface area contributed by atoms with Gasteiger partial charge < -0.3 is 10.3 Å². The summed E-state index contributed by atoms with van der Waals surface area (Å²) >= 11 is 0. The van der Waals surface area contributed by atoms with E-state index < -0.39 is 0 Å². The van der Waals surface area contributed by atoms with Crippen molar-refractivity contribution in [3.8, 4) is 0 Å². The lowest BCUT2D eigenvalue weighted by molar-refractivity contribution is 0.234. The van der Waals surface area contributed by atoms with Crippen LogP contribution in [0.5, 0.6) is 0 Å². The Morgan fingerprint density at radius 3 is 2.89 bits per heavy atom. The third kappa shape index (κ3) is 2.11. The predicted molar refractivity (Wildman–Crippen MR) is 80.2 cm³/mol. The van der Waals surface area contributed by atoms with Gasteiger partial charge >= 0.3 is 0 Å². The third-order valence-corrected chi connectivity index (χ3v) is 4.61. The van der Waals surface area contributed by atoms with Gasteiger partial charge in [-0.2, -0.15) is 0 Å². The van der Waals surface area contributed by atoms with Gasteiger partial charge in [0.2, 0.25) is 0 Å². The summed E-state index contributed by atoms with van der Waals surface area (Å²) in [5.41, 5.74) is 8.95. The Balaban J connectivity index is 2.10. The van der Waals surface area contributed by atoms with Crippen LogP contribution >= 0.6 is 0 Å². The molecule has 1 saturated carbocycles. The minimum atomic E-state index is 0.618. The van der Waals surface area contributed by atoms with E-state index >= 15 is 0 Å². The Labute approximate surface area is 114 Å². The van der Waals surface area contributed by atoms with E-state index in [0.29, 0.717) is 6.04 Å². The molecule has 2 aromatic rings. The van der Waals surface area contributed by atoms with Crippen molar-refractivity contribution in [2.24, 2.45) is 5.92 Å². The van der Waals surface area contributed by atoms with E-state index in [2.05, 4.69) is 24.5 Å². The highest BCUT2D eigenvalue weighted by atomic mass is 15.1. The fraction of sp³-hybridized carbons (Fsp3) is 0.562.